The number of aliphatic hydroxyl groups is 2. The van der Waals surface area contributed by atoms with Crippen LogP contribution in [0.2, 0.25) is 0 Å². The highest BCUT2D eigenvalue weighted by atomic mass is 32.2. The number of ketones is 1. The van der Waals surface area contributed by atoms with Crippen LogP contribution in [0.25, 0.3) is 16.3 Å². The van der Waals surface area contributed by atoms with Gasteiger partial charge in [0.05, 0.1) is 40.0 Å². The molecule has 1 aromatic carbocycles. The molecule has 4 fully saturated rings. The summed E-state index contributed by atoms with van der Waals surface area (Å²) in [6.07, 6.45) is 15.1. The Bertz CT molecular complexity index is 1570. The maximum Gasteiger partial charge on any atom is 0.175 e. The van der Waals surface area contributed by atoms with E-state index in [0.717, 1.165) is 40.2 Å². The van der Waals surface area contributed by atoms with Crippen LogP contribution in [0.4, 0.5) is 0 Å². The van der Waals surface area contributed by atoms with Crippen molar-refractivity contribution in [1.29, 1.82) is 0 Å². The van der Waals surface area contributed by atoms with Gasteiger partial charge in [-0.05, 0) is 98.3 Å². The van der Waals surface area contributed by atoms with E-state index in [1.807, 2.05) is 18.2 Å². The van der Waals surface area contributed by atoms with Crippen LogP contribution in [-0.2, 0) is 11.2 Å². The van der Waals surface area contributed by atoms with Crippen LogP contribution < -0.4 is 0 Å². The molecule has 0 saturated heterocycles. The summed E-state index contributed by atoms with van der Waals surface area (Å²) >= 11 is 3.04. The second-order valence-corrected chi connectivity index (χ2v) is 16.9. The second kappa shape index (κ2) is 10.3. The van der Waals surface area contributed by atoms with Gasteiger partial charge in [-0.2, -0.15) is 5.10 Å². The number of fused-ring (bicyclic) bond motifs is 7. The average Bonchev–Trinajstić information content (AvgIpc) is 3.68. The lowest BCUT2D eigenvalue weighted by molar-refractivity contribution is -0.177. The second-order valence-electron chi connectivity index (χ2n) is 14.6. The fourth-order valence-electron chi connectivity index (χ4n) is 10.4. The molecule has 0 spiro atoms. The number of rotatable bonds is 5. The number of benzene rings is 1. The molecule has 2 N–H and O–H groups in total. The number of aliphatic hydroxyl groups excluding tert-OH is 1. The van der Waals surface area contributed by atoms with Crippen molar-refractivity contribution in [3.8, 4) is 0 Å². The van der Waals surface area contributed by atoms with Crippen molar-refractivity contribution in [3.63, 3.8) is 0 Å². The molecule has 6 nitrogen and oxygen atoms in total. The van der Waals surface area contributed by atoms with Crippen molar-refractivity contribution in [1.82, 2.24) is 14.8 Å². The van der Waals surface area contributed by atoms with E-state index in [4.69, 9.17) is 5.10 Å². The van der Waals surface area contributed by atoms with Gasteiger partial charge in [0.15, 0.2) is 10.1 Å². The minimum absolute atomic E-state index is 0.104. The van der Waals surface area contributed by atoms with E-state index in [2.05, 4.69) is 41.9 Å². The summed E-state index contributed by atoms with van der Waals surface area (Å²) in [5, 5.41) is 29.1. The zero-order valence-corrected chi connectivity index (χ0v) is 26.9. The average molecular weight is 618 g/mol. The summed E-state index contributed by atoms with van der Waals surface area (Å²) in [5.41, 5.74) is 2.89. The lowest BCUT2D eigenvalue weighted by atomic mass is 9.45. The van der Waals surface area contributed by atoms with Crippen molar-refractivity contribution in [2.45, 2.75) is 107 Å². The van der Waals surface area contributed by atoms with E-state index in [1.165, 1.54) is 60.7 Å². The summed E-state index contributed by atoms with van der Waals surface area (Å²) in [6, 6.07) is 8.54. The van der Waals surface area contributed by atoms with E-state index in [-0.39, 0.29) is 28.8 Å². The maximum absolute atomic E-state index is 13.8. The highest BCUT2D eigenvalue weighted by Gasteiger charge is 2.68. The van der Waals surface area contributed by atoms with Crippen molar-refractivity contribution in [2.75, 3.05) is 5.75 Å². The Labute approximate surface area is 262 Å². The molecule has 0 bridgehead atoms. The van der Waals surface area contributed by atoms with Gasteiger partial charge in [-0.25, -0.2) is 4.98 Å². The van der Waals surface area contributed by atoms with Crippen LogP contribution in [0.15, 0.2) is 40.4 Å². The summed E-state index contributed by atoms with van der Waals surface area (Å²) in [4.78, 5) is 18.5. The first-order chi connectivity index (χ1) is 20.7. The number of thiazole rings is 1. The third-order valence-corrected chi connectivity index (χ3v) is 14.8. The van der Waals surface area contributed by atoms with Gasteiger partial charge in [0.2, 0.25) is 0 Å². The molecule has 8 heteroatoms. The third-order valence-electron chi connectivity index (χ3n) is 12.6. The van der Waals surface area contributed by atoms with E-state index < -0.39 is 17.1 Å². The largest absolute Gasteiger partial charge is 0.393 e. The van der Waals surface area contributed by atoms with Crippen LogP contribution in [0.5, 0.6) is 0 Å². The van der Waals surface area contributed by atoms with Crippen molar-refractivity contribution in [3.05, 3.63) is 47.3 Å². The van der Waals surface area contributed by atoms with Gasteiger partial charge in [-0.3, -0.25) is 9.48 Å². The predicted octanol–water partition coefficient (Wildman–Crippen LogP) is 7.24. The molecule has 7 atom stereocenters. The first-order valence-electron chi connectivity index (χ1n) is 16.4. The van der Waals surface area contributed by atoms with Crippen LogP contribution in [0.1, 0.15) is 95.4 Å². The first kappa shape index (κ1) is 28.5. The molecule has 8 rings (SSSR count). The number of aromatic nitrogens is 3. The van der Waals surface area contributed by atoms with Crippen LogP contribution in [0, 0.1) is 28.6 Å². The molecule has 4 saturated carbocycles. The number of hydrogen-bond acceptors (Lipinski definition) is 7. The Balaban J connectivity index is 1.04. The number of carbonyl (C=O) groups is 1. The molecule has 5 aliphatic carbocycles. The predicted molar refractivity (Wildman–Crippen MR) is 172 cm³/mol. The number of carbonyl (C=O) groups excluding carboxylic acids is 1. The Hall–Kier alpha value is -2.00. The van der Waals surface area contributed by atoms with Gasteiger partial charge in [0.1, 0.15) is 5.60 Å². The van der Waals surface area contributed by atoms with E-state index >= 15 is 0 Å². The molecule has 5 aliphatic rings. The number of thioether (sulfide) groups is 1. The molecular weight excluding hydrogens is 575 g/mol. The maximum atomic E-state index is 13.8. The molecule has 0 aliphatic heterocycles. The van der Waals surface area contributed by atoms with Crippen LogP contribution in [-0.4, -0.2) is 48.2 Å². The van der Waals surface area contributed by atoms with Gasteiger partial charge in [0.25, 0.3) is 0 Å². The number of Topliss-reactive ketones (excluding diaryl/α,β-unsaturated/α-hetero) is 1. The Morgan fingerprint density at radius 2 is 1.95 bits per heavy atom. The Morgan fingerprint density at radius 3 is 2.77 bits per heavy atom. The van der Waals surface area contributed by atoms with E-state index in [9.17, 15) is 15.0 Å². The fraction of sp³-hybridized carbons (Fsp3) is 0.629. The molecule has 2 aromatic heterocycles. The van der Waals surface area contributed by atoms with Gasteiger partial charge >= 0.3 is 0 Å². The van der Waals surface area contributed by atoms with E-state index in [1.54, 1.807) is 11.3 Å². The minimum Gasteiger partial charge on any atom is -0.393 e. The SMILES string of the molecule is CC12Cc3cnn(C4CCCCC4)c3C=C1CCC1C2[C@@H](O)CC2(C)C1CC[C@]2(O)C(=O)CSc1nc2ccccc2s1. The molecule has 3 aromatic rings. The molecule has 2 heterocycles. The summed E-state index contributed by atoms with van der Waals surface area (Å²) in [5.74, 6) is 0.761. The summed E-state index contributed by atoms with van der Waals surface area (Å²) in [6.45, 7) is 4.48. The number of nitrogens with zero attached hydrogens (tertiary/aromatic N) is 3. The quantitative estimate of drug-likeness (QED) is 0.294. The molecular formula is C35H43N3O3S2. The topological polar surface area (TPSA) is 88.2 Å². The van der Waals surface area contributed by atoms with Gasteiger partial charge < -0.3 is 10.2 Å². The highest BCUT2D eigenvalue weighted by molar-refractivity contribution is 8.01. The number of para-hydroxylation sites is 1. The zero-order valence-electron chi connectivity index (χ0n) is 25.3. The molecule has 43 heavy (non-hydrogen) atoms. The lowest BCUT2D eigenvalue weighted by Crippen LogP contribution is -2.62. The van der Waals surface area contributed by atoms with Crippen molar-refractivity contribution >= 4 is 45.2 Å². The van der Waals surface area contributed by atoms with Crippen LogP contribution in [0.3, 0.4) is 0 Å². The molecule has 0 amide bonds. The third kappa shape index (κ3) is 4.22. The Kier molecular flexibility index (Phi) is 6.79. The molecule has 228 valence electrons. The Morgan fingerprint density at radius 1 is 1.14 bits per heavy atom. The van der Waals surface area contributed by atoms with Gasteiger partial charge in [-0.15, -0.1) is 11.3 Å². The molecule has 0 radical (unpaired) electrons. The number of hydrogen-bond donors (Lipinski definition) is 2. The van der Waals surface area contributed by atoms with Gasteiger partial charge in [-0.1, -0.05) is 62.6 Å². The summed E-state index contributed by atoms with van der Waals surface area (Å²) < 4.78 is 4.29. The smallest absolute Gasteiger partial charge is 0.175 e. The standard InChI is InChI=1S/C35H43N3O3S2/c1-33-17-21-19-36-38(23-8-4-3-5-9-23)27(21)16-22(33)12-13-24-25-14-15-35(41,34(25,2)18-28(39)31(24)33)30(40)20-42-32-37-26-10-6-7-11-29(26)43-32/h6-7,10-11,16,19,23-25,28,31,39,41H,3-5,8-9,12-15,17-18,20H2,1-2H3/t24?,25?,28-,31?,33?,34?,35-/m0/s1. The minimum atomic E-state index is -1.41. The zero-order chi connectivity index (χ0) is 29.6. The first-order valence-corrected chi connectivity index (χ1v) is 18.2. The lowest BCUT2D eigenvalue weighted by Gasteiger charge is -2.60. The van der Waals surface area contributed by atoms with Gasteiger partial charge in [0, 0.05) is 5.41 Å². The van der Waals surface area contributed by atoms with Crippen molar-refractivity contribution < 1.29 is 15.0 Å². The van der Waals surface area contributed by atoms with Crippen molar-refractivity contribution in [2.24, 2.45) is 28.6 Å². The van der Waals surface area contributed by atoms with E-state index in [0.29, 0.717) is 24.8 Å². The number of allylic oxidation sites excluding steroid dienone is 1. The monoisotopic (exact) mass is 617 g/mol. The molecule has 5 unspecified atom stereocenters. The highest BCUT2D eigenvalue weighted by Crippen LogP contribution is 2.67. The summed E-state index contributed by atoms with van der Waals surface area (Å²) in [7, 11) is 0. The fourth-order valence-corrected chi connectivity index (χ4v) is 12.5. The normalized spacial score (nSPS) is 37.3. The van der Waals surface area contributed by atoms with Crippen LogP contribution >= 0.6 is 23.1 Å².